The predicted molar refractivity (Wildman–Crippen MR) is 193 cm³/mol. The molecule has 0 aliphatic heterocycles. The Bertz CT molecular complexity index is 1650. The first-order valence-electron chi connectivity index (χ1n) is 17.1. The van der Waals surface area contributed by atoms with Crippen LogP contribution in [-0.4, -0.2) is 52.1 Å². The van der Waals surface area contributed by atoms with Crippen molar-refractivity contribution in [2.75, 3.05) is 13.2 Å². The van der Waals surface area contributed by atoms with Crippen molar-refractivity contribution in [1.29, 1.82) is 0 Å². The number of hydrogen-bond acceptors (Lipinski definition) is 6. The van der Waals surface area contributed by atoms with Gasteiger partial charge in [0.2, 0.25) is 5.91 Å². The van der Waals surface area contributed by atoms with Gasteiger partial charge < -0.3 is 20.5 Å². The van der Waals surface area contributed by atoms with Crippen molar-refractivity contribution in [3.8, 4) is 28.3 Å². The summed E-state index contributed by atoms with van der Waals surface area (Å²) in [7, 11) is 0. The van der Waals surface area contributed by atoms with Gasteiger partial charge >= 0.3 is 5.97 Å². The van der Waals surface area contributed by atoms with Crippen LogP contribution >= 0.6 is 0 Å². The highest BCUT2D eigenvalue weighted by Gasteiger charge is 2.23. The van der Waals surface area contributed by atoms with Crippen molar-refractivity contribution in [3.05, 3.63) is 102 Å². The van der Waals surface area contributed by atoms with Gasteiger partial charge in [0.15, 0.2) is 5.82 Å². The lowest BCUT2D eigenvalue weighted by molar-refractivity contribution is -0.137. The van der Waals surface area contributed by atoms with Crippen molar-refractivity contribution < 1.29 is 24.2 Å². The van der Waals surface area contributed by atoms with Gasteiger partial charge in [-0.2, -0.15) is 0 Å². The standard InChI is InChI=1S/C40H48N4O5/c1-5-6-7-8-9-24-49-34-20-16-29(17-21-34)32-26-42-37(43-27-32)30-12-10-28(11-13-30)25-35(39(48)41-23-22-36(45)46)44-38(47)31-14-18-33(19-15-31)40(2,3)4/h10-21,26-27,35H,5-9,22-25H2,1-4H3,(H,41,48)(H,44,47)(H,45,46)/t35-/m1/s1. The van der Waals surface area contributed by atoms with Crippen LogP contribution < -0.4 is 15.4 Å². The fourth-order valence-electron chi connectivity index (χ4n) is 5.28. The topological polar surface area (TPSA) is 131 Å². The summed E-state index contributed by atoms with van der Waals surface area (Å²) < 4.78 is 5.88. The number of carbonyl (C=O) groups excluding carboxylic acids is 2. The fourth-order valence-corrected chi connectivity index (χ4v) is 5.28. The molecule has 4 aromatic rings. The number of benzene rings is 3. The van der Waals surface area contributed by atoms with Gasteiger partial charge in [0.25, 0.3) is 5.91 Å². The third-order valence-corrected chi connectivity index (χ3v) is 8.28. The van der Waals surface area contributed by atoms with Crippen molar-refractivity contribution in [2.24, 2.45) is 0 Å². The van der Waals surface area contributed by atoms with Crippen molar-refractivity contribution in [1.82, 2.24) is 20.6 Å². The maximum Gasteiger partial charge on any atom is 0.305 e. The molecule has 3 aromatic carbocycles. The summed E-state index contributed by atoms with van der Waals surface area (Å²) in [5, 5.41) is 14.5. The summed E-state index contributed by atoms with van der Waals surface area (Å²) in [4.78, 5) is 46.4. The molecule has 0 radical (unpaired) electrons. The van der Waals surface area contributed by atoms with Crippen LogP contribution in [0, 0.1) is 0 Å². The number of amides is 2. The smallest absolute Gasteiger partial charge is 0.305 e. The highest BCUT2D eigenvalue weighted by molar-refractivity contribution is 5.97. The second-order valence-corrected chi connectivity index (χ2v) is 13.3. The van der Waals surface area contributed by atoms with E-state index in [0.29, 0.717) is 11.4 Å². The van der Waals surface area contributed by atoms with Gasteiger partial charge in [0.1, 0.15) is 11.8 Å². The summed E-state index contributed by atoms with van der Waals surface area (Å²) in [6.07, 6.45) is 9.60. The summed E-state index contributed by atoms with van der Waals surface area (Å²) in [5.41, 5.74) is 4.98. The van der Waals surface area contributed by atoms with Gasteiger partial charge in [0, 0.05) is 42.0 Å². The largest absolute Gasteiger partial charge is 0.494 e. The molecule has 0 saturated carbocycles. The summed E-state index contributed by atoms with van der Waals surface area (Å²) in [6, 6.07) is 21.9. The van der Waals surface area contributed by atoms with E-state index in [2.05, 4.69) is 48.3 Å². The lowest BCUT2D eigenvalue weighted by Gasteiger charge is -2.20. The van der Waals surface area contributed by atoms with E-state index in [-0.39, 0.29) is 30.7 Å². The summed E-state index contributed by atoms with van der Waals surface area (Å²) >= 11 is 0. The van der Waals surface area contributed by atoms with Crippen LogP contribution in [0.15, 0.2) is 85.2 Å². The molecule has 49 heavy (non-hydrogen) atoms. The van der Waals surface area contributed by atoms with E-state index in [0.717, 1.165) is 46.6 Å². The van der Waals surface area contributed by atoms with Crippen LogP contribution in [0.4, 0.5) is 0 Å². The first-order valence-corrected chi connectivity index (χ1v) is 17.1. The minimum atomic E-state index is -1.02. The summed E-state index contributed by atoms with van der Waals surface area (Å²) in [6.45, 7) is 9.19. The molecule has 3 N–H and O–H groups in total. The van der Waals surface area contributed by atoms with Gasteiger partial charge in [-0.1, -0.05) is 102 Å². The van der Waals surface area contributed by atoms with Gasteiger partial charge in [-0.3, -0.25) is 14.4 Å². The van der Waals surface area contributed by atoms with Crippen LogP contribution in [0.5, 0.6) is 5.75 Å². The van der Waals surface area contributed by atoms with E-state index >= 15 is 0 Å². The van der Waals surface area contributed by atoms with Crippen LogP contribution in [0.1, 0.15) is 87.7 Å². The number of aromatic nitrogens is 2. The van der Waals surface area contributed by atoms with Crippen molar-refractivity contribution in [3.63, 3.8) is 0 Å². The zero-order valence-corrected chi connectivity index (χ0v) is 29.0. The van der Waals surface area contributed by atoms with Crippen molar-refractivity contribution >= 4 is 17.8 Å². The average molecular weight is 665 g/mol. The minimum absolute atomic E-state index is 0.0375. The van der Waals surface area contributed by atoms with E-state index in [1.807, 2.05) is 60.7 Å². The number of rotatable bonds is 17. The number of carboxylic acids is 1. The van der Waals surface area contributed by atoms with Crippen LogP contribution in [0.25, 0.3) is 22.5 Å². The molecule has 1 atom stereocenters. The molecule has 0 saturated heterocycles. The number of ether oxygens (including phenoxy) is 1. The van der Waals surface area contributed by atoms with Crippen LogP contribution in [0.3, 0.4) is 0 Å². The first kappa shape index (κ1) is 36.8. The monoisotopic (exact) mass is 664 g/mol. The zero-order chi connectivity index (χ0) is 35.2. The fraction of sp³-hybridized carbons (Fsp3) is 0.375. The molecule has 9 heteroatoms. The molecule has 2 amide bonds. The lowest BCUT2D eigenvalue weighted by Crippen LogP contribution is -2.48. The second kappa shape index (κ2) is 17.9. The Labute approximate surface area is 289 Å². The molecule has 0 unspecified atom stereocenters. The number of carbonyl (C=O) groups is 3. The Kier molecular flexibility index (Phi) is 13.4. The molecule has 0 spiro atoms. The van der Waals surface area contributed by atoms with Gasteiger partial charge in [0.05, 0.1) is 13.0 Å². The molecule has 0 fully saturated rings. The van der Waals surface area contributed by atoms with E-state index in [9.17, 15) is 14.4 Å². The Morgan fingerprint density at radius 2 is 1.43 bits per heavy atom. The average Bonchev–Trinajstić information content (AvgIpc) is 3.09. The number of carboxylic acid groups (broad SMARTS) is 1. The quantitative estimate of drug-likeness (QED) is 0.100. The third-order valence-electron chi connectivity index (χ3n) is 8.28. The number of hydrogen-bond donors (Lipinski definition) is 3. The summed E-state index contributed by atoms with van der Waals surface area (Å²) in [5.74, 6) is -0.439. The molecule has 1 heterocycles. The molecule has 1 aromatic heterocycles. The van der Waals surface area contributed by atoms with E-state index < -0.39 is 17.9 Å². The number of nitrogens with zero attached hydrogens (tertiary/aromatic N) is 2. The van der Waals surface area contributed by atoms with Gasteiger partial charge in [-0.05, 0) is 52.8 Å². The molecular weight excluding hydrogens is 616 g/mol. The molecule has 9 nitrogen and oxygen atoms in total. The van der Waals surface area contributed by atoms with Crippen LogP contribution in [-0.2, 0) is 21.4 Å². The Morgan fingerprint density at radius 1 is 0.796 bits per heavy atom. The zero-order valence-electron chi connectivity index (χ0n) is 29.0. The number of aliphatic carboxylic acids is 1. The first-order chi connectivity index (χ1) is 23.5. The predicted octanol–water partition coefficient (Wildman–Crippen LogP) is 7.39. The highest BCUT2D eigenvalue weighted by atomic mass is 16.5. The number of unbranched alkanes of at least 4 members (excludes halogenated alkanes) is 4. The maximum atomic E-state index is 13.2. The SMILES string of the molecule is CCCCCCCOc1ccc(-c2cnc(-c3ccc(C[C@@H](NC(=O)c4ccc(C(C)(C)C)cc4)C(=O)NCCC(=O)O)cc3)nc2)cc1. The molecule has 0 aliphatic carbocycles. The Hall–Kier alpha value is -5.05. The molecule has 0 bridgehead atoms. The van der Waals surface area contributed by atoms with E-state index in [4.69, 9.17) is 9.84 Å². The molecule has 0 aliphatic rings. The Balaban J connectivity index is 1.38. The van der Waals surface area contributed by atoms with Gasteiger partial charge in [-0.15, -0.1) is 0 Å². The van der Waals surface area contributed by atoms with Gasteiger partial charge in [-0.25, -0.2) is 9.97 Å². The van der Waals surface area contributed by atoms with E-state index in [1.165, 1.54) is 25.7 Å². The molecule has 258 valence electrons. The molecular formula is C40H48N4O5. The van der Waals surface area contributed by atoms with Crippen molar-refractivity contribution in [2.45, 2.75) is 84.1 Å². The number of nitrogens with one attached hydrogen (secondary N) is 2. The maximum absolute atomic E-state index is 13.2. The third kappa shape index (κ3) is 11.6. The highest BCUT2D eigenvalue weighted by Crippen LogP contribution is 2.24. The minimum Gasteiger partial charge on any atom is -0.494 e. The molecule has 4 rings (SSSR count). The Morgan fingerprint density at radius 3 is 2.04 bits per heavy atom. The second-order valence-electron chi connectivity index (χ2n) is 13.3. The normalized spacial score (nSPS) is 11.8. The van der Waals surface area contributed by atoms with Crippen LogP contribution in [0.2, 0.25) is 0 Å². The lowest BCUT2D eigenvalue weighted by atomic mass is 9.86. The van der Waals surface area contributed by atoms with E-state index in [1.54, 1.807) is 24.5 Å².